The van der Waals surface area contributed by atoms with Crippen LogP contribution in [0.25, 0.3) is 0 Å². The van der Waals surface area contributed by atoms with E-state index >= 15 is 0 Å². The predicted octanol–water partition coefficient (Wildman–Crippen LogP) is 3.86. The molecule has 7 heteroatoms. The molecular formula is C20H31IN4O2. The van der Waals surface area contributed by atoms with Gasteiger partial charge in [0.1, 0.15) is 18.1 Å². The first-order valence-corrected chi connectivity index (χ1v) is 9.35. The van der Waals surface area contributed by atoms with Crippen molar-refractivity contribution in [3.63, 3.8) is 0 Å². The van der Waals surface area contributed by atoms with E-state index in [0.29, 0.717) is 19.7 Å². The molecule has 6 nitrogen and oxygen atoms in total. The van der Waals surface area contributed by atoms with Crippen LogP contribution in [-0.2, 0) is 19.4 Å². The van der Waals surface area contributed by atoms with Gasteiger partial charge in [0.2, 0.25) is 0 Å². The molecule has 0 radical (unpaired) electrons. The SMILES string of the molecule is CCNC(=NCc1c(CC)noc1CC)NCCOc1ccc(C)cc1.I. The van der Waals surface area contributed by atoms with Crippen LogP contribution in [0.5, 0.6) is 5.75 Å². The maximum atomic E-state index is 5.74. The van der Waals surface area contributed by atoms with Crippen LogP contribution in [0.3, 0.4) is 0 Å². The number of nitrogens with one attached hydrogen (secondary N) is 2. The van der Waals surface area contributed by atoms with Crippen LogP contribution in [0.1, 0.15) is 43.4 Å². The average molecular weight is 486 g/mol. The van der Waals surface area contributed by atoms with Gasteiger partial charge in [-0.1, -0.05) is 36.7 Å². The van der Waals surface area contributed by atoms with E-state index in [1.54, 1.807) is 0 Å². The fourth-order valence-electron chi connectivity index (χ4n) is 2.59. The van der Waals surface area contributed by atoms with Gasteiger partial charge in [-0.05, 0) is 32.4 Å². The number of ether oxygens (including phenoxy) is 1. The lowest BCUT2D eigenvalue weighted by Gasteiger charge is -2.12. The number of hydrogen-bond donors (Lipinski definition) is 2. The van der Waals surface area contributed by atoms with Gasteiger partial charge in [0.05, 0.1) is 18.8 Å². The zero-order chi connectivity index (χ0) is 18.8. The molecule has 0 spiro atoms. The van der Waals surface area contributed by atoms with Crippen LogP contribution in [-0.4, -0.2) is 30.8 Å². The van der Waals surface area contributed by atoms with Gasteiger partial charge in [0, 0.05) is 18.5 Å². The summed E-state index contributed by atoms with van der Waals surface area (Å²) in [7, 11) is 0. The van der Waals surface area contributed by atoms with E-state index in [1.165, 1.54) is 5.56 Å². The first-order valence-electron chi connectivity index (χ1n) is 9.35. The topological polar surface area (TPSA) is 71.7 Å². The van der Waals surface area contributed by atoms with Crippen molar-refractivity contribution in [2.45, 2.75) is 47.1 Å². The summed E-state index contributed by atoms with van der Waals surface area (Å²) in [5.74, 6) is 2.57. The number of hydrogen-bond acceptors (Lipinski definition) is 4. The van der Waals surface area contributed by atoms with Crippen molar-refractivity contribution in [2.75, 3.05) is 19.7 Å². The standard InChI is InChI=1S/C20H30N4O2.HI/c1-5-18-17(19(6-2)26-24-18)14-23-20(21-7-3)22-12-13-25-16-10-8-15(4)9-11-16;/h8-11H,5-7,12-14H2,1-4H3,(H2,21,22,23);1H. The summed E-state index contributed by atoms with van der Waals surface area (Å²) < 4.78 is 11.1. The van der Waals surface area contributed by atoms with E-state index in [2.05, 4.69) is 41.6 Å². The van der Waals surface area contributed by atoms with E-state index in [-0.39, 0.29) is 24.0 Å². The van der Waals surface area contributed by atoms with Crippen molar-refractivity contribution >= 4 is 29.9 Å². The minimum Gasteiger partial charge on any atom is -0.492 e. The Morgan fingerprint density at radius 2 is 1.85 bits per heavy atom. The Morgan fingerprint density at radius 3 is 2.48 bits per heavy atom. The van der Waals surface area contributed by atoms with Crippen molar-refractivity contribution in [3.8, 4) is 5.75 Å². The highest BCUT2D eigenvalue weighted by Gasteiger charge is 2.13. The Labute approximate surface area is 179 Å². The fraction of sp³-hybridized carbons (Fsp3) is 0.500. The molecule has 0 saturated carbocycles. The second-order valence-corrected chi connectivity index (χ2v) is 6.02. The quantitative estimate of drug-likeness (QED) is 0.244. The van der Waals surface area contributed by atoms with Gasteiger partial charge in [0.15, 0.2) is 5.96 Å². The van der Waals surface area contributed by atoms with E-state index in [9.17, 15) is 0 Å². The monoisotopic (exact) mass is 486 g/mol. The highest BCUT2D eigenvalue weighted by Crippen LogP contribution is 2.16. The molecule has 2 rings (SSSR count). The smallest absolute Gasteiger partial charge is 0.191 e. The number of rotatable bonds is 9. The van der Waals surface area contributed by atoms with Crippen molar-refractivity contribution in [3.05, 3.63) is 46.8 Å². The summed E-state index contributed by atoms with van der Waals surface area (Å²) in [5.41, 5.74) is 3.32. The molecule has 0 atom stereocenters. The van der Waals surface area contributed by atoms with E-state index in [0.717, 1.165) is 48.1 Å². The molecule has 0 amide bonds. The maximum absolute atomic E-state index is 5.74. The van der Waals surface area contributed by atoms with Gasteiger partial charge < -0.3 is 19.9 Å². The van der Waals surface area contributed by atoms with Gasteiger partial charge in [-0.2, -0.15) is 0 Å². The third-order valence-corrected chi connectivity index (χ3v) is 4.03. The zero-order valence-electron chi connectivity index (χ0n) is 16.7. The Bertz CT molecular complexity index is 677. The number of nitrogens with zero attached hydrogens (tertiary/aromatic N) is 2. The number of aliphatic imine (C=N–C) groups is 1. The Morgan fingerprint density at radius 1 is 1.11 bits per heavy atom. The summed E-state index contributed by atoms with van der Waals surface area (Å²) in [6, 6.07) is 8.06. The number of benzene rings is 1. The highest BCUT2D eigenvalue weighted by atomic mass is 127. The summed E-state index contributed by atoms with van der Waals surface area (Å²) >= 11 is 0. The zero-order valence-corrected chi connectivity index (χ0v) is 19.0. The summed E-state index contributed by atoms with van der Waals surface area (Å²) in [6.45, 7) is 10.9. The molecule has 2 aromatic rings. The molecule has 0 bridgehead atoms. The van der Waals surface area contributed by atoms with Crippen molar-refractivity contribution in [1.29, 1.82) is 0 Å². The molecule has 150 valence electrons. The molecule has 1 aromatic carbocycles. The molecule has 2 N–H and O–H groups in total. The number of aryl methyl sites for hydroxylation is 3. The Kier molecular flexibility index (Phi) is 10.8. The van der Waals surface area contributed by atoms with Crippen LogP contribution in [0.2, 0.25) is 0 Å². The summed E-state index contributed by atoms with van der Waals surface area (Å²) in [6.07, 6.45) is 1.68. The molecular weight excluding hydrogens is 455 g/mol. The largest absolute Gasteiger partial charge is 0.492 e. The second-order valence-electron chi connectivity index (χ2n) is 6.02. The van der Waals surface area contributed by atoms with Crippen LogP contribution in [0.4, 0.5) is 0 Å². The van der Waals surface area contributed by atoms with Crippen molar-refractivity contribution in [2.24, 2.45) is 4.99 Å². The molecule has 27 heavy (non-hydrogen) atoms. The lowest BCUT2D eigenvalue weighted by molar-refractivity contribution is 0.322. The molecule has 0 aliphatic heterocycles. The van der Waals surface area contributed by atoms with Crippen LogP contribution >= 0.6 is 24.0 Å². The Balaban J connectivity index is 0.00000364. The second kappa shape index (κ2) is 12.6. The number of guanidine groups is 1. The molecule has 1 aromatic heterocycles. The number of aromatic nitrogens is 1. The third kappa shape index (κ3) is 7.40. The molecule has 0 fully saturated rings. The Hall–Kier alpha value is -1.77. The third-order valence-electron chi connectivity index (χ3n) is 4.03. The number of halogens is 1. The summed E-state index contributed by atoms with van der Waals surface area (Å²) in [5, 5.41) is 10.7. The molecule has 0 unspecified atom stereocenters. The molecule has 0 aliphatic carbocycles. The predicted molar refractivity (Wildman–Crippen MR) is 120 cm³/mol. The van der Waals surface area contributed by atoms with Crippen molar-refractivity contribution in [1.82, 2.24) is 15.8 Å². The van der Waals surface area contributed by atoms with Crippen molar-refractivity contribution < 1.29 is 9.26 Å². The van der Waals surface area contributed by atoms with Gasteiger partial charge >= 0.3 is 0 Å². The van der Waals surface area contributed by atoms with E-state index < -0.39 is 0 Å². The normalized spacial score (nSPS) is 11.0. The van der Waals surface area contributed by atoms with Gasteiger partial charge in [-0.25, -0.2) is 4.99 Å². The van der Waals surface area contributed by atoms with Gasteiger partial charge in [-0.3, -0.25) is 0 Å². The fourth-order valence-corrected chi connectivity index (χ4v) is 2.59. The average Bonchev–Trinajstić information content (AvgIpc) is 3.06. The maximum Gasteiger partial charge on any atom is 0.191 e. The minimum atomic E-state index is 0. The minimum absolute atomic E-state index is 0. The van der Waals surface area contributed by atoms with Crippen LogP contribution in [0.15, 0.2) is 33.8 Å². The molecule has 1 heterocycles. The van der Waals surface area contributed by atoms with E-state index in [4.69, 9.17) is 9.26 Å². The van der Waals surface area contributed by atoms with Gasteiger partial charge in [0.25, 0.3) is 0 Å². The van der Waals surface area contributed by atoms with E-state index in [1.807, 2.05) is 31.2 Å². The molecule has 0 aliphatic rings. The highest BCUT2D eigenvalue weighted by molar-refractivity contribution is 14.0. The first kappa shape index (κ1) is 23.3. The van der Waals surface area contributed by atoms with Crippen LogP contribution in [0, 0.1) is 6.92 Å². The van der Waals surface area contributed by atoms with Crippen LogP contribution < -0.4 is 15.4 Å². The summed E-state index contributed by atoms with van der Waals surface area (Å²) in [4.78, 5) is 4.67. The lowest BCUT2D eigenvalue weighted by Crippen LogP contribution is -2.39. The lowest BCUT2D eigenvalue weighted by atomic mass is 10.1. The first-order chi connectivity index (χ1) is 12.7. The van der Waals surface area contributed by atoms with Gasteiger partial charge in [-0.15, -0.1) is 24.0 Å². The molecule has 0 saturated heterocycles.